The van der Waals surface area contributed by atoms with Gasteiger partial charge >= 0.3 is 0 Å². The number of nitrogens with zero attached hydrogens (tertiary/aromatic N) is 4. The van der Waals surface area contributed by atoms with Crippen molar-refractivity contribution in [2.24, 2.45) is 5.41 Å². The highest BCUT2D eigenvalue weighted by Gasteiger charge is 2.56. The van der Waals surface area contributed by atoms with Gasteiger partial charge in [-0.05, 0) is 42.9 Å². The van der Waals surface area contributed by atoms with Crippen molar-refractivity contribution in [3.8, 4) is 0 Å². The van der Waals surface area contributed by atoms with Crippen molar-refractivity contribution in [3.63, 3.8) is 0 Å². The minimum Gasteiger partial charge on any atom is -0.349 e. The molecular weight excluding hydrogens is 318 g/mol. The molecular formula is C18H19N5O2. The Kier molecular flexibility index (Phi) is 3.91. The largest absolute Gasteiger partial charge is 0.349 e. The van der Waals surface area contributed by atoms with Crippen molar-refractivity contribution in [1.82, 2.24) is 25.2 Å². The minimum absolute atomic E-state index is 0.0551. The van der Waals surface area contributed by atoms with E-state index in [9.17, 15) is 9.59 Å². The molecule has 1 aliphatic carbocycles. The minimum atomic E-state index is -0.117. The Labute approximate surface area is 145 Å². The first-order valence-corrected chi connectivity index (χ1v) is 8.45. The van der Waals surface area contributed by atoms with Crippen LogP contribution >= 0.6 is 0 Å². The van der Waals surface area contributed by atoms with E-state index in [1.807, 2.05) is 0 Å². The lowest BCUT2D eigenvalue weighted by Crippen LogP contribution is -2.42. The van der Waals surface area contributed by atoms with Gasteiger partial charge in [0.2, 0.25) is 5.82 Å². The van der Waals surface area contributed by atoms with E-state index in [4.69, 9.17) is 0 Å². The lowest BCUT2D eigenvalue weighted by Gasteiger charge is -2.32. The third kappa shape index (κ3) is 3.09. The second-order valence-electron chi connectivity index (χ2n) is 6.69. The van der Waals surface area contributed by atoms with Gasteiger partial charge in [-0.25, -0.2) is 9.97 Å². The number of piperidine rings is 1. The number of nitrogens with one attached hydrogen (secondary N) is 1. The Morgan fingerprint density at radius 3 is 2.44 bits per heavy atom. The van der Waals surface area contributed by atoms with E-state index >= 15 is 0 Å². The fraction of sp³-hybridized carbons (Fsp3) is 0.389. The molecule has 1 saturated carbocycles. The molecule has 4 rings (SSSR count). The van der Waals surface area contributed by atoms with E-state index in [2.05, 4.69) is 20.3 Å². The van der Waals surface area contributed by atoms with Crippen LogP contribution in [0.2, 0.25) is 0 Å². The number of carbonyl (C=O) groups is 2. The topological polar surface area (TPSA) is 88.1 Å². The van der Waals surface area contributed by atoms with E-state index in [-0.39, 0.29) is 29.1 Å². The number of carbonyl (C=O) groups excluding carboxylic acids is 2. The summed E-state index contributed by atoms with van der Waals surface area (Å²) in [4.78, 5) is 38.5. The average Bonchev–Trinajstić information content (AvgIpc) is 3.34. The third-order valence-electron chi connectivity index (χ3n) is 5.24. The zero-order chi connectivity index (χ0) is 17.3. The Morgan fingerprint density at radius 2 is 1.76 bits per heavy atom. The highest BCUT2D eigenvalue weighted by molar-refractivity contribution is 5.94. The molecule has 7 nitrogen and oxygen atoms in total. The molecule has 128 valence electrons. The number of likely N-dealkylation sites (tertiary alicyclic amines) is 1. The van der Waals surface area contributed by atoms with Crippen LogP contribution in [0.1, 0.15) is 40.2 Å². The van der Waals surface area contributed by atoms with Crippen LogP contribution in [0.3, 0.4) is 0 Å². The zero-order valence-electron chi connectivity index (χ0n) is 13.8. The summed E-state index contributed by atoms with van der Waals surface area (Å²) in [7, 11) is 0. The Balaban J connectivity index is 1.32. The highest BCUT2D eigenvalue weighted by Crippen LogP contribution is 2.54. The van der Waals surface area contributed by atoms with Crippen molar-refractivity contribution in [2.45, 2.75) is 25.3 Å². The first-order valence-electron chi connectivity index (χ1n) is 8.45. The third-order valence-corrected chi connectivity index (χ3v) is 5.24. The van der Waals surface area contributed by atoms with Gasteiger partial charge in [0.25, 0.3) is 11.8 Å². The lowest BCUT2D eigenvalue weighted by molar-refractivity contribution is 0.0655. The van der Waals surface area contributed by atoms with Gasteiger partial charge in [0.1, 0.15) is 0 Å². The monoisotopic (exact) mass is 337 g/mol. The van der Waals surface area contributed by atoms with Crippen molar-refractivity contribution in [3.05, 3.63) is 54.4 Å². The van der Waals surface area contributed by atoms with Crippen LogP contribution in [0.4, 0.5) is 0 Å². The standard InChI is InChI=1S/C18H19N5O2/c24-16(13-2-8-19-9-3-13)22-14-12-18(14)4-10-23(11-5-18)17(25)15-20-6-1-7-21-15/h1-3,6-9,14H,4-5,10-12H2,(H,22,24). The lowest BCUT2D eigenvalue weighted by atomic mass is 9.92. The zero-order valence-corrected chi connectivity index (χ0v) is 13.8. The van der Waals surface area contributed by atoms with E-state index in [0.29, 0.717) is 18.7 Å². The molecule has 1 aliphatic heterocycles. The molecule has 2 fully saturated rings. The van der Waals surface area contributed by atoms with Crippen LogP contribution in [0.15, 0.2) is 43.0 Å². The van der Waals surface area contributed by atoms with E-state index in [0.717, 1.165) is 19.3 Å². The molecule has 0 bridgehead atoms. The smallest absolute Gasteiger partial charge is 0.291 e. The normalized spacial score (nSPS) is 21.0. The summed E-state index contributed by atoms with van der Waals surface area (Å²) in [6.07, 6.45) is 9.17. The highest BCUT2D eigenvalue weighted by atomic mass is 16.2. The summed E-state index contributed by atoms with van der Waals surface area (Å²) in [6, 6.07) is 5.32. The number of rotatable bonds is 3. The van der Waals surface area contributed by atoms with Crippen LogP contribution in [0.25, 0.3) is 0 Å². The summed E-state index contributed by atoms with van der Waals surface area (Å²) < 4.78 is 0. The van der Waals surface area contributed by atoms with E-state index in [1.54, 1.807) is 47.9 Å². The van der Waals surface area contributed by atoms with Crippen molar-refractivity contribution in [1.29, 1.82) is 0 Å². The SMILES string of the molecule is O=C(NC1CC12CCN(C(=O)c1ncccn1)CC2)c1ccncc1. The first kappa shape index (κ1) is 15.7. The van der Waals surface area contributed by atoms with Gasteiger partial charge in [-0.1, -0.05) is 0 Å². The summed E-state index contributed by atoms with van der Waals surface area (Å²) in [5.41, 5.74) is 0.766. The van der Waals surface area contributed by atoms with Crippen LogP contribution in [-0.2, 0) is 0 Å². The molecule has 2 aliphatic rings. The maximum atomic E-state index is 12.4. The Hall–Kier alpha value is -2.83. The number of amides is 2. The summed E-state index contributed by atoms with van der Waals surface area (Å²) >= 11 is 0. The number of hydrogen-bond acceptors (Lipinski definition) is 5. The van der Waals surface area contributed by atoms with Crippen molar-refractivity contribution >= 4 is 11.8 Å². The number of aromatic nitrogens is 3. The van der Waals surface area contributed by atoms with Gasteiger partial charge in [-0.3, -0.25) is 14.6 Å². The number of pyridine rings is 1. The van der Waals surface area contributed by atoms with Crippen molar-refractivity contribution < 1.29 is 9.59 Å². The Morgan fingerprint density at radius 1 is 1.08 bits per heavy atom. The van der Waals surface area contributed by atoms with E-state index < -0.39 is 0 Å². The predicted molar refractivity (Wildman–Crippen MR) is 89.7 cm³/mol. The second-order valence-corrected chi connectivity index (χ2v) is 6.69. The molecule has 1 spiro atoms. The van der Waals surface area contributed by atoms with Crippen molar-refractivity contribution in [2.75, 3.05) is 13.1 Å². The van der Waals surface area contributed by atoms with Gasteiger partial charge < -0.3 is 10.2 Å². The maximum Gasteiger partial charge on any atom is 0.291 e. The fourth-order valence-electron chi connectivity index (χ4n) is 3.56. The maximum absolute atomic E-state index is 12.4. The molecule has 1 N–H and O–H groups in total. The Bertz CT molecular complexity index is 773. The van der Waals surface area contributed by atoms with E-state index in [1.165, 1.54) is 0 Å². The van der Waals surface area contributed by atoms with Crippen LogP contribution < -0.4 is 5.32 Å². The summed E-state index contributed by atoms with van der Waals surface area (Å²) in [6.45, 7) is 1.36. The van der Waals surface area contributed by atoms with Gasteiger partial charge in [0, 0.05) is 49.5 Å². The molecule has 2 amide bonds. The number of hydrogen-bond donors (Lipinski definition) is 1. The summed E-state index contributed by atoms with van der Waals surface area (Å²) in [5.74, 6) is 0.0747. The van der Waals surface area contributed by atoms with Gasteiger partial charge in [-0.2, -0.15) is 0 Å². The summed E-state index contributed by atoms with van der Waals surface area (Å²) in [5, 5.41) is 3.11. The fourth-order valence-corrected chi connectivity index (χ4v) is 3.56. The van der Waals surface area contributed by atoms with Gasteiger partial charge in [0.05, 0.1) is 0 Å². The van der Waals surface area contributed by atoms with Crippen LogP contribution in [-0.4, -0.2) is 50.8 Å². The van der Waals surface area contributed by atoms with Gasteiger partial charge in [0.15, 0.2) is 0 Å². The molecule has 7 heteroatoms. The molecule has 2 aromatic rings. The molecule has 0 aromatic carbocycles. The molecule has 1 unspecified atom stereocenters. The molecule has 3 heterocycles. The molecule has 2 aromatic heterocycles. The second kappa shape index (κ2) is 6.23. The van der Waals surface area contributed by atoms with Crippen LogP contribution in [0.5, 0.6) is 0 Å². The average molecular weight is 337 g/mol. The molecule has 0 radical (unpaired) electrons. The molecule has 25 heavy (non-hydrogen) atoms. The van der Waals surface area contributed by atoms with Gasteiger partial charge in [-0.15, -0.1) is 0 Å². The molecule has 1 atom stereocenters. The van der Waals surface area contributed by atoms with Crippen LogP contribution in [0, 0.1) is 5.41 Å². The predicted octanol–water partition coefficient (Wildman–Crippen LogP) is 1.30. The molecule has 1 saturated heterocycles. The quantitative estimate of drug-likeness (QED) is 0.912. The first-order chi connectivity index (χ1) is 12.2.